The smallest absolute Gasteiger partial charge is 0.344 e. The zero-order valence-corrected chi connectivity index (χ0v) is 9.25. The molecule has 1 aromatic rings. The molecule has 90 valence electrons. The highest BCUT2D eigenvalue weighted by atomic mass is 16.7. The lowest BCUT2D eigenvalue weighted by atomic mass is 10.2. The summed E-state index contributed by atoms with van der Waals surface area (Å²) >= 11 is 0. The first-order valence-corrected chi connectivity index (χ1v) is 4.86. The van der Waals surface area contributed by atoms with Crippen LogP contribution >= 0.6 is 0 Å². The zero-order valence-electron chi connectivity index (χ0n) is 9.25. The van der Waals surface area contributed by atoms with Gasteiger partial charge in [0.25, 0.3) is 0 Å². The monoisotopic (exact) mass is 236 g/mol. The quantitative estimate of drug-likeness (QED) is 0.488. The molecule has 0 fully saturated rings. The second-order valence-electron chi connectivity index (χ2n) is 3.13. The molecule has 0 aliphatic rings. The van der Waals surface area contributed by atoms with E-state index in [4.69, 9.17) is 4.74 Å². The van der Waals surface area contributed by atoms with Crippen molar-refractivity contribution in [2.24, 2.45) is 0 Å². The van der Waals surface area contributed by atoms with Gasteiger partial charge in [-0.15, -0.1) is 0 Å². The van der Waals surface area contributed by atoms with E-state index in [-0.39, 0.29) is 11.3 Å². The van der Waals surface area contributed by atoms with E-state index < -0.39 is 18.2 Å². The van der Waals surface area contributed by atoms with Gasteiger partial charge in [0.15, 0.2) is 0 Å². The van der Waals surface area contributed by atoms with E-state index >= 15 is 0 Å². The van der Waals surface area contributed by atoms with E-state index in [1.54, 1.807) is 12.1 Å². The minimum Gasteiger partial charge on any atom is -0.507 e. The van der Waals surface area contributed by atoms with Crippen molar-refractivity contribution < 1.29 is 24.2 Å². The van der Waals surface area contributed by atoms with E-state index in [1.165, 1.54) is 19.1 Å². The summed E-state index contributed by atoms with van der Waals surface area (Å²) in [5, 5.41) is 9.40. The summed E-state index contributed by atoms with van der Waals surface area (Å²) in [6, 6.07) is 5.92. The third-order valence-corrected chi connectivity index (χ3v) is 1.85. The van der Waals surface area contributed by atoms with Crippen molar-refractivity contribution in [1.82, 2.24) is 0 Å². The molecule has 1 N–H and O–H groups in total. The van der Waals surface area contributed by atoms with Gasteiger partial charge in [0.2, 0.25) is 6.29 Å². The molecule has 0 saturated heterocycles. The van der Waals surface area contributed by atoms with Crippen LogP contribution in [-0.2, 0) is 14.3 Å². The lowest BCUT2D eigenvalue weighted by molar-refractivity contribution is -0.159. The maximum Gasteiger partial charge on any atom is 0.344 e. The van der Waals surface area contributed by atoms with Crippen LogP contribution in [0.3, 0.4) is 0 Å². The van der Waals surface area contributed by atoms with Gasteiger partial charge in [-0.05, 0) is 12.1 Å². The number of benzene rings is 1. The molecule has 0 amide bonds. The van der Waals surface area contributed by atoms with Crippen molar-refractivity contribution in [2.45, 2.75) is 13.2 Å². The second kappa shape index (κ2) is 5.69. The Bertz CT molecular complexity index is 438. The fraction of sp³-hybridized carbons (Fsp3) is 0.167. The minimum atomic E-state index is -1.05. The summed E-state index contributed by atoms with van der Waals surface area (Å²) in [7, 11) is 0. The summed E-state index contributed by atoms with van der Waals surface area (Å²) in [6.07, 6.45) is -0.0859. The van der Waals surface area contributed by atoms with E-state index in [0.29, 0.717) is 0 Å². The fourth-order valence-corrected chi connectivity index (χ4v) is 1.10. The Morgan fingerprint density at radius 1 is 1.35 bits per heavy atom. The third-order valence-electron chi connectivity index (χ3n) is 1.85. The Kier molecular flexibility index (Phi) is 4.28. The van der Waals surface area contributed by atoms with Crippen LogP contribution in [0.4, 0.5) is 0 Å². The van der Waals surface area contributed by atoms with Crippen molar-refractivity contribution in [3.05, 3.63) is 42.5 Å². The van der Waals surface area contributed by atoms with Gasteiger partial charge in [0.1, 0.15) is 11.3 Å². The number of aromatic hydroxyl groups is 1. The van der Waals surface area contributed by atoms with E-state index in [9.17, 15) is 14.7 Å². The maximum absolute atomic E-state index is 11.5. The first-order chi connectivity index (χ1) is 8.04. The Morgan fingerprint density at radius 3 is 2.59 bits per heavy atom. The Morgan fingerprint density at radius 2 is 2.00 bits per heavy atom. The average Bonchev–Trinajstić information content (AvgIpc) is 2.29. The van der Waals surface area contributed by atoms with E-state index in [1.807, 2.05) is 0 Å². The van der Waals surface area contributed by atoms with Crippen LogP contribution in [-0.4, -0.2) is 23.3 Å². The Labute approximate surface area is 98.3 Å². The maximum atomic E-state index is 11.5. The number of carbonyl (C=O) groups is 2. The van der Waals surface area contributed by atoms with Crippen LogP contribution < -0.4 is 0 Å². The normalized spacial score (nSPS) is 11.4. The van der Waals surface area contributed by atoms with Crippen molar-refractivity contribution in [1.29, 1.82) is 0 Å². The summed E-state index contributed by atoms with van der Waals surface area (Å²) in [6.45, 7) is 4.60. The molecular formula is C12H12O5. The predicted molar refractivity (Wildman–Crippen MR) is 59.3 cm³/mol. The largest absolute Gasteiger partial charge is 0.507 e. The number of hydrogen-bond acceptors (Lipinski definition) is 5. The van der Waals surface area contributed by atoms with Gasteiger partial charge in [-0.3, -0.25) is 0 Å². The summed E-state index contributed by atoms with van der Waals surface area (Å²) in [4.78, 5) is 22.4. The SMILES string of the molecule is C=CC(=O)OC(C)OC(=O)c1ccccc1O. The molecule has 0 aromatic heterocycles. The van der Waals surface area contributed by atoms with E-state index in [0.717, 1.165) is 6.08 Å². The number of hydrogen-bond donors (Lipinski definition) is 1. The highest BCUT2D eigenvalue weighted by molar-refractivity contribution is 5.92. The molecule has 0 radical (unpaired) electrons. The molecule has 5 nitrogen and oxygen atoms in total. The lowest BCUT2D eigenvalue weighted by Crippen LogP contribution is -2.20. The fourth-order valence-electron chi connectivity index (χ4n) is 1.10. The van der Waals surface area contributed by atoms with Crippen LogP contribution in [0.2, 0.25) is 0 Å². The summed E-state index contributed by atoms with van der Waals surface area (Å²) < 4.78 is 9.45. The van der Waals surface area contributed by atoms with Gasteiger partial charge in [-0.2, -0.15) is 0 Å². The van der Waals surface area contributed by atoms with Crippen LogP contribution in [0, 0.1) is 0 Å². The van der Waals surface area contributed by atoms with Gasteiger partial charge in [0, 0.05) is 13.0 Å². The standard InChI is InChI=1S/C12H12O5/c1-3-11(14)16-8(2)17-12(15)9-6-4-5-7-10(9)13/h3-8,13H,1H2,2H3. The average molecular weight is 236 g/mol. The highest BCUT2D eigenvalue weighted by Crippen LogP contribution is 2.17. The number of carbonyl (C=O) groups excluding carboxylic acids is 2. The Balaban J connectivity index is 2.64. The third kappa shape index (κ3) is 3.64. The first kappa shape index (κ1) is 12.8. The van der Waals surface area contributed by atoms with Crippen molar-refractivity contribution in [2.75, 3.05) is 0 Å². The van der Waals surface area contributed by atoms with Gasteiger partial charge in [0.05, 0.1) is 0 Å². The number of rotatable bonds is 4. The molecule has 17 heavy (non-hydrogen) atoms. The summed E-state index contributed by atoms with van der Waals surface area (Å²) in [5.41, 5.74) is 0.00834. The van der Waals surface area contributed by atoms with Gasteiger partial charge in [-0.25, -0.2) is 9.59 Å². The van der Waals surface area contributed by atoms with Crippen LogP contribution in [0.25, 0.3) is 0 Å². The van der Waals surface area contributed by atoms with Crippen molar-refractivity contribution in [3.63, 3.8) is 0 Å². The van der Waals surface area contributed by atoms with Crippen LogP contribution in [0.5, 0.6) is 5.75 Å². The Hall–Kier alpha value is -2.30. The number of phenolic OH excluding ortho intramolecular Hbond substituents is 1. The first-order valence-electron chi connectivity index (χ1n) is 4.86. The lowest BCUT2D eigenvalue weighted by Gasteiger charge is -2.13. The van der Waals surface area contributed by atoms with Gasteiger partial charge >= 0.3 is 11.9 Å². The topological polar surface area (TPSA) is 72.8 Å². The molecule has 0 saturated carbocycles. The molecule has 0 heterocycles. The molecule has 1 aromatic carbocycles. The number of para-hydroxylation sites is 1. The van der Waals surface area contributed by atoms with Crippen molar-refractivity contribution >= 4 is 11.9 Å². The second-order valence-corrected chi connectivity index (χ2v) is 3.13. The molecular weight excluding hydrogens is 224 g/mol. The predicted octanol–water partition coefficient (Wildman–Crippen LogP) is 1.62. The molecule has 0 spiro atoms. The molecule has 1 atom stereocenters. The molecule has 0 bridgehead atoms. The molecule has 0 aliphatic heterocycles. The summed E-state index contributed by atoms with van der Waals surface area (Å²) in [5.74, 6) is -1.66. The van der Waals surface area contributed by atoms with E-state index in [2.05, 4.69) is 11.3 Å². The molecule has 0 aliphatic carbocycles. The number of phenols is 1. The molecule has 1 rings (SSSR count). The van der Waals surface area contributed by atoms with Gasteiger partial charge < -0.3 is 14.6 Å². The molecule has 5 heteroatoms. The zero-order chi connectivity index (χ0) is 12.8. The number of esters is 2. The highest BCUT2D eigenvalue weighted by Gasteiger charge is 2.16. The van der Waals surface area contributed by atoms with Crippen molar-refractivity contribution in [3.8, 4) is 5.75 Å². The minimum absolute atomic E-state index is 0.00834. The number of ether oxygens (including phenoxy) is 2. The van der Waals surface area contributed by atoms with Gasteiger partial charge in [-0.1, -0.05) is 18.7 Å². The van der Waals surface area contributed by atoms with Crippen LogP contribution in [0.15, 0.2) is 36.9 Å². The van der Waals surface area contributed by atoms with Crippen LogP contribution in [0.1, 0.15) is 17.3 Å². The molecule has 1 unspecified atom stereocenters.